The molecule has 1 aliphatic rings. The minimum absolute atomic E-state index is 0.00958. The molecule has 3 rings (SSSR count). The predicted octanol–water partition coefficient (Wildman–Crippen LogP) is 4.11. The number of hydrogen-bond donors (Lipinski definition) is 1. The molecule has 1 saturated heterocycles. The van der Waals surface area contributed by atoms with Crippen molar-refractivity contribution >= 4 is 18.0 Å². The Morgan fingerprint density at radius 1 is 1.03 bits per heavy atom. The molecule has 8 heteroatoms. The second kappa shape index (κ2) is 12.6. The molecule has 1 fully saturated rings. The Kier molecular flexibility index (Phi) is 9.31. The molecular formula is C26H32N2O6. The van der Waals surface area contributed by atoms with Crippen molar-refractivity contribution < 1.29 is 28.6 Å². The van der Waals surface area contributed by atoms with Crippen molar-refractivity contribution in [2.45, 2.75) is 45.6 Å². The minimum Gasteiger partial charge on any atom is -0.493 e. The average Bonchev–Trinajstić information content (AvgIpc) is 2.83. The van der Waals surface area contributed by atoms with Crippen LogP contribution < -0.4 is 14.8 Å². The van der Waals surface area contributed by atoms with E-state index in [1.54, 1.807) is 36.1 Å². The highest BCUT2D eigenvalue weighted by molar-refractivity contribution is 5.94. The molecule has 1 N–H and O–H groups in total. The largest absolute Gasteiger partial charge is 0.513 e. The first-order chi connectivity index (χ1) is 16.5. The van der Waals surface area contributed by atoms with Gasteiger partial charge in [0.25, 0.3) is 5.91 Å². The minimum atomic E-state index is -0.774. The van der Waals surface area contributed by atoms with E-state index in [0.717, 1.165) is 11.3 Å². The van der Waals surface area contributed by atoms with Gasteiger partial charge < -0.3 is 24.4 Å². The van der Waals surface area contributed by atoms with E-state index in [9.17, 15) is 14.4 Å². The van der Waals surface area contributed by atoms with Gasteiger partial charge in [-0.15, -0.1) is 0 Å². The SMILES string of the molecule is CCOC(=O)Oc1ccc(C(=O)N2CCC(NC(=O)CCCOc3ccccc3C)CC2)cc1. The molecular weight excluding hydrogens is 436 g/mol. The number of rotatable bonds is 9. The first kappa shape index (κ1) is 25.1. The Morgan fingerprint density at radius 3 is 2.41 bits per heavy atom. The molecule has 182 valence electrons. The smallest absolute Gasteiger partial charge is 0.493 e. The molecule has 2 aromatic carbocycles. The van der Waals surface area contributed by atoms with Crippen LogP contribution >= 0.6 is 0 Å². The summed E-state index contributed by atoms with van der Waals surface area (Å²) in [5.41, 5.74) is 1.60. The first-order valence-corrected chi connectivity index (χ1v) is 11.7. The van der Waals surface area contributed by atoms with Gasteiger partial charge in [-0.05, 0) is 69.0 Å². The Hall–Kier alpha value is -3.55. The Labute approximate surface area is 200 Å². The lowest BCUT2D eigenvalue weighted by molar-refractivity contribution is -0.122. The third-order valence-corrected chi connectivity index (χ3v) is 5.61. The third kappa shape index (κ3) is 7.50. The lowest BCUT2D eigenvalue weighted by Gasteiger charge is -2.32. The molecule has 2 aromatic rings. The van der Waals surface area contributed by atoms with Crippen LogP contribution in [0.4, 0.5) is 4.79 Å². The van der Waals surface area contributed by atoms with Crippen LogP contribution in [-0.2, 0) is 9.53 Å². The molecule has 2 amide bonds. The van der Waals surface area contributed by atoms with Crippen LogP contribution in [0.2, 0.25) is 0 Å². The summed E-state index contributed by atoms with van der Waals surface area (Å²) in [6.07, 6.45) is 1.70. The number of nitrogens with one attached hydrogen (secondary N) is 1. The number of benzene rings is 2. The van der Waals surface area contributed by atoms with Crippen molar-refractivity contribution in [1.29, 1.82) is 0 Å². The van der Waals surface area contributed by atoms with Gasteiger partial charge in [0.05, 0.1) is 13.2 Å². The fourth-order valence-corrected chi connectivity index (χ4v) is 3.75. The zero-order chi connectivity index (χ0) is 24.3. The lowest BCUT2D eigenvalue weighted by atomic mass is 10.0. The van der Waals surface area contributed by atoms with Crippen LogP contribution in [0.3, 0.4) is 0 Å². The van der Waals surface area contributed by atoms with E-state index in [4.69, 9.17) is 14.2 Å². The van der Waals surface area contributed by atoms with Crippen LogP contribution in [0.15, 0.2) is 48.5 Å². The summed E-state index contributed by atoms with van der Waals surface area (Å²) in [4.78, 5) is 38.2. The quantitative estimate of drug-likeness (QED) is 0.338. The summed E-state index contributed by atoms with van der Waals surface area (Å²) in [7, 11) is 0. The van der Waals surface area contributed by atoms with E-state index in [0.29, 0.717) is 56.7 Å². The van der Waals surface area contributed by atoms with Crippen molar-refractivity contribution in [1.82, 2.24) is 10.2 Å². The molecule has 0 spiro atoms. The number of carbonyl (C=O) groups excluding carboxylic acids is 3. The molecule has 34 heavy (non-hydrogen) atoms. The van der Waals surface area contributed by atoms with Crippen LogP contribution in [-0.4, -0.2) is 55.2 Å². The van der Waals surface area contributed by atoms with E-state index < -0.39 is 6.16 Å². The number of likely N-dealkylation sites (tertiary alicyclic amines) is 1. The highest BCUT2D eigenvalue weighted by Crippen LogP contribution is 2.18. The van der Waals surface area contributed by atoms with Gasteiger partial charge in [0.15, 0.2) is 0 Å². The standard InChI is InChI=1S/C26H32N2O6/c1-3-32-26(31)34-22-12-10-20(11-13-22)25(30)28-16-14-21(15-17-28)27-24(29)9-6-18-33-23-8-5-4-7-19(23)2/h4-5,7-8,10-13,21H,3,6,9,14-18H2,1-2H3,(H,27,29). The van der Waals surface area contributed by atoms with E-state index in [1.165, 1.54) is 0 Å². The van der Waals surface area contributed by atoms with E-state index in [2.05, 4.69) is 5.32 Å². The molecule has 0 bridgehead atoms. The highest BCUT2D eigenvalue weighted by Gasteiger charge is 2.24. The number of para-hydroxylation sites is 1. The topological polar surface area (TPSA) is 94.2 Å². The van der Waals surface area contributed by atoms with Gasteiger partial charge >= 0.3 is 6.16 Å². The number of piperidine rings is 1. The van der Waals surface area contributed by atoms with E-state index in [-0.39, 0.29) is 24.5 Å². The molecule has 0 aliphatic carbocycles. The van der Waals surface area contributed by atoms with Crippen LogP contribution in [0, 0.1) is 6.92 Å². The summed E-state index contributed by atoms with van der Waals surface area (Å²) in [5.74, 6) is 1.10. The molecule has 8 nitrogen and oxygen atoms in total. The fraction of sp³-hybridized carbons (Fsp3) is 0.423. The zero-order valence-electron chi connectivity index (χ0n) is 19.7. The van der Waals surface area contributed by atoms with Crippen molar-refractivity contribution in [2.24, 2.45) is 0 Å². The van der Waals surface area contributed by atoms with Crippen LogP contribution in [0.1, 0.15) is 48.5 Å². The Morgan fingerprint density at radius 2 is 1.74 bits per heavy atom. The van der Waals surface area contributed by atoms with Gasteiger partial charge in [-0.2, -0.15) is 0 Å². The average molecular weight is 469 g/mol. The summed E-state index contributed by atoms with van der Waals surface area (Å²) in [6.45, 7) is 5.56. The van der Waals surface area contributed by atoms with Gasteiger partial charge in [0, 0.05) is 31.1 Å². The molecule has 0 saturated carbocycles. The number of aryl methyl sites for hydroxylation is 1. The Balaban J connectivity index is 1.35. The van der Waals surface area contributed by atoms with Crippen LogP contribution in [0.5, 0.6) is 11.5 Å². The number of hydrogen-bond acceptors (Lipinski definition) is 6. The maximum Gasteiger partial charge on any atom is 0.513 e. The maximum absolute atomic E-state index is 12.8. The molecule has 1 aliphatic heterocycles. The predicted molar refractivity (Wildman–Crippen MR) is 127 cm³/mol. The van der Waals surface area contributed by atoms with E-state index >= 15 is 0 Å². The second-order valence-corrected chi connectivity index (χ2v) is 8.16. The fourth-order valence-electron chi connectivity index (χ4n) is 3.75. The highest BCUT2D eigenvalue weighted by atomic mass is 16.7. The summed E-state index contributed by atoms with van der Waals surface area (Å²) < 4.78 is 15.5. The number of carbonyl (C=O) groups is 3. The molecule has 0 radical (unpaired) electrons. The van der Waals surface area contributed by atoms with Crippen molar-refractivity contribution in [3.8, 4) is 11.5 Å². The van der Waals surface area contributed by atoms with Crippen LogP contribution in [0.25, 0.3) is 0 Å². The van der Waals surface area contributed by atoms with Crippen molar-refractivity contribution in [3.63, 3.8) is 0 Å². The number of amides is 2. The summed E-state index contributed by atoms with van der Waals surface area (Å²) in [5, 5.41) is 3.07. The summed E-state index contributed by atoms with van der Waals surface area (Å²) in [6, 6.07) is 14.3. The second-order valence-electron chi connectivity index (χ2n) is 8.16. The van der Waals surface area contributed by atoms with Gasteiger partial charge in [-0.3, -0.25) is 9.59 Å². The Bertz CT molecular complexity index is 968. The molecule has 1 heterocycles. The third-order valence-electron chi connectivity index (χ3n) is 5.61. The van der Waals surface area contributed by atoms with Gasteiger partial charge in [0.1, 0.15) is 11.5 Å². The van der Waals surface area contributed by atoms with Gasteiger partial charge in [-0.25, -0.2) is 4.79 Å². The van der Waals surface area contributed by atoms with Crippen molar-refractivity contribution in [3.05, 3.63) is 59.7 Å². The number of ether oxygens (including phenoxy) is 3. The molecule has 0 atom stereocenters. The van der Waals surface area contributed by atoms with E-state index in [1.807, 2.05) is 31.2 Å². The molecule has 0 aromatic heterocycles. The number of nitrogens with zero attached hydrogens (tertiary/aromatic N) is 1. The summed E-state index contributed by atoms with van der Waals surface area (Å²) >= 11 is 0. The maximum atomic E-state index is 12.8. The monoisotopic (exact) mass is 468 g/mol. The van der Waals surface area contributed by atoms with Gasteiger partial charge in [-0.1, -0.05) is 18.2 Å². The first-order valence-electron chi connectivity index (χ1n) is 11.7. The van der Waals surface area contributed by atoms with Gasteiger partial charge in [0.2, 0.25) is 5.91 Å². The normalized spacial score (nSPS) is 13.8. The molecule has 0 unspecified atom stereocenters. The zero-order valence-corrected chi connectivity index (χ0v) is 19.7. The lowest BCUT2D eigenvalue weighted by Crippen LogP contribution is -2.46. The van der Waals surface area contributed by atoms with Crippen molar-refractivity contribution in [2.75, 3.05) is 26.3 Å².